The molecule has 0 saturated carbocycles. The summed E-state index contributed by atoms with van der Waals surface area (Å²) in [4.78, 5) is 18.1. The van der Waals surface area contributed by atoms with Crippen LogP contribution in [0.2, 0.25) is 0 Å². The van der Waals surface area contributed by atoms with Gasteiger partial charge in [-0.25, -0.2) is 4.79 Å². The average Bonchev–Trinajstić information content (AvgIpc) is 3.25. The largest absolute Gasteiger partial charge is 0.513 e. The maximum atomic E-state index is 14.5. The number of hydrogen-bond donors (Lipinski definition) is 1. The zero-order chi connectivity index (χ0) is 24.8. The van der Waals surface area contributed by atoms with E-state index in [0.717, 1.165) is 31.5 Å². The number of halogens is 1. The average molecular weight is 488 g/mol. The predicted octanol–water partition coefficient (Wildman–Crippen LogP) is 4.99. The normalized spacial score (nSPS) is 14.6. The van der Waals surface area contributed by atoms with Gasteiger partial charge in [-0.15, -0.1) is 0 Å². The number of hydrogen-bond acceptors (Lipinski definition) is 9. The number of aromatic nitrogens is 1. The van der Waals surface area contributed by atoms with E-state index in [1.807, 2.05) is 13.8 Å². The monoisotopic (exact) mass is 487 g/mol. The van der Waals surface area contributed by atoms with E-state index in [4.69, 9.17) is 18.6 Å². The van der Waals surface area contributed by atoms with Crippen LogP contribution in [-0.4, -0.2) is 55.5 Å². The molecule has 1 fully saturated rings. The van der Waals surface area contributed by atoms with Crippen molar-refractivity contribution in [2.24, 2.45) is 0 Å². The van der Waals surface area contributed by atoms with Crippen molar-refractivity contribution in [2.75, 3.05) is 38.7 Å². The quantitative estimate of drug-likeness (QED) is 0.331. The molecule has 0 aliphatic carbocycles. The lowest BCUT2D eigenvalue weighted by Gasteiger charge is -2.32. The Balaban J connectivity index is 1.34. The van der Waals surface area contributed by atoms with Gasteiger partial charge < -0.3 is 28.7 Å². The van der Waals surface area contributed by atoms with E-state index in [0.29, 0.717) is 42.6 Å². The first-order valence-electron chi connectivity index (χ1n) is 11.7. The molecule has 3 aromatic rings. The maximum absolute atomic E-state index is 14.5. The number of oxazole rings is 1. The van der Waals surface area contributed by atoms with Gasteiger partial charge in [-0.3, -0.25) is 4.90 Å². The van der Waals surface area contributed by atoms with Crippen LogP contribution in [0.1, 0.15) is 32.3 Å². The molecule has 0 spiro atoms. The van der Waals surface area contributed by atoms with Gasteiger partial charge >= 0.3 is 6.16 Å². The summed E-state index contributed by atoms with van der Waals surface area (Å²) in [6.45, 7) is 6.84. The van der Waals surface area contributed by atoms with Crippen LogP contribution in [0.15, 0.2) is 34.7 Å². The van der Waals surface area contributed by atoms with E-state index in [1.165, 1.54) is 7.11 Å². The molecule has 0 radical (unpaired) electrons. The summed E-state index contributed by atoms with van der Waals surface area (Å²) in [5, 5.41) is 3.36. The van der Waals surface area contributed by atoms with Crippen LogP contribution in [0.4, 0.5) is 15.2 Å². The molecule has 4 rings (SSSR count). The second kappa shape index (κ2) is 11.3. The molecule has 0 bridgehead atoms. The summed E-state index contributed by atoms with van der Waals surface area (Å²) in [5.74, 6) is 0.322. The molecule has 188 valence electrons. The smallest absolute Gasteiger partial charge is 0.491 e. The number of benzene rings is 2. The minimum Gasteiger partial charge on any atom is -0.491 e. The first-order chi connectivity index (χ1) is 17.0. The van der Waals surface area contributed by atoms with Crippen LogP contribution in [0.25, 0.3) is 11.1 Å². The summed E-state index contributed by atoms with van der Waals surface area (Å²) in [6, 6.07) is 9.08. The van der Waals surface area contributed by atoms with E-state index in [1.54, 1.807) is 30.3 Å². The van der Waals surface area contributed by atoms with Crippen LogP contribution in [-0.2, 0) is 11.3 Å². The molecule has 0 unspecified atom stereocenters. The highest BCUT2D eigenvalue weighted by atomic mass is 19.1. The zero-order valence-electron chi connectivity index (χ0n) is 20.1. The Hall–Kier alpha value is -3.53. The van der Waals surface area contributed by atoms with Gasteiger partial charge in [0.25, 0.3) is 6.01 Å². The highest BCUT2D eigenvalue weighted by molar-refractivity contribution is 5.77. The zero-order valence-corrected chi connectivity index (χ0v) is 20.1. The molecule has 0 atom stereocenters. The molecule has 10 heteroatoms. The fraction of sp³-hybridized carbons (Fsp3) is 0.440. The third-order valence-corrected chi connectivity index (χ3v) is 5.71. The Morgan fingerprint density at radius 3 is 2.46 bits per heavy atom. The Labute approximate surface area is 203 Å². The molecule has 2 heterocycles. The number of fused-ring (bicyclic) bond motifs is 1. The van der Waals surface area contributed by atoms with Gasteiger partial charge in [0.2, 0.25) is 5.82 Å². The van der Waals surface area contributed by atoms with Crippen LogP contribution in [0, 0.1) is 5.82 Å². The molecule has 9 nitrogen and oxygen atoms in total. The fourth-order valence-corrected chi connectivity index (χ4v) is 4.08. The SMILES string of the molecule is CCOc1cc(CN2CCC(Nc3nc4cc(OC(=O)OC)ccc4o3)CC2)cc(OCC)c1F. The van der Waals surface area contributed by atoms with Crippen molar-refractivity contribution >= 4 is 23.3 Å². The van der Waals surface area contributed by atoms with Crippen LogP contribution < -0.4 is 19.5 Å². The molecule has 1 saturated heterocycles. The first-order valence-corrected chi connectivity index (χ1v) is 11.7. The second-order valence-corrected chi connectivity index (χ2v) is 8.17. The lowest BCUT2D eigenvalue weighted by molar-refractivity contribution is 0.121. The van der Waals surface area contributed by atoms with E-state index >= 15 is 0 Å². The summed E-state index contributed by atoms with van der Waals surface area (Å²) in [5.41, 5.74) is 2.13. The van der Waals surface area contributed by atoms with Gasteiger partial charge in [0.05, 0.1) is 20.3 Å². The topological polar surface area (TPSA) is 95.3 Å². The lowest BCUT2D eigenvalue weighted by Crippen LogP contribution is -2.38. The lowest BCUT2D eigenvalue weighted by atomic mass is 10.0. The molecule has 0 amide bonds. The highest BCUT2D eigenvalue weighted by Gasteiger charge is 2.22. The Morgan fingerprint density at radius 1 is 1.14 bits per heavy atom. The Kier molecular flexibility index (Phi) is 7.91. The highest BCUT2D eigenvalue weighted by Crippen LogP contribution is 2.31. The van der Waals surface area contributed by atoms with Gasteiger partial charge in [-0.2, -0.15) is 9.37 Å². The van der Waals surface area contributed by atoms with Crippen LogP contribution >= 0.6 is 0 Å². The number of anilines is 1. The standard InChI is InChI=1S/C25H30FN3O6/c1-4-32-21-12-16(13-22(23(21)26)33-5-2)15-29-10-8-17(9-11-29)27-24-28-19-14-18(34-25(30)31-3)6-7-20(19)35-24/h6-7,12-14,17H,4-5,8-11,15H2,1-3H3,(H,27,28). The number of rotatable bonds is 9. The molecule has 1 N–H and O–H groups in total. The van der Waals surface area contributed by atoms with E-state index in [-0.39, 0.29) is 17.5 Å². The van der Waals surface area contributed by atoms with Crippen molar-refractivity contribution in [2.45, 2.75) is 39.3 Å². The number of piperidine rings is 1. The maximum Gasteiger partial charge on any atom is 0.513 e. The molecular weight excluding hydrogens is 457 g/mol. The third kappa shape index (κ3) is 6.13. The molecule has 2 aromatic carbocycles. The summed E-state index contributed by atoms with van der Waals surface area (Å²) in [7, 11) is 1.25. The molecule has 35 heavy (non-hydrogen) atoms. The van der Waals surface area contributed by atoms with E-state index < -0.39 is 12.0 Å². The molecule has 1 aliphatic rings. The number of methoxy groups -OCH3 is 1. The molecule has 1 aromatic heterocycles. The van der Waals surface area contributed by atoms with Gasteiger partial charge in [0.1, 0.15) is 11.3 Å². The Morgan fingerprint density at radius 2 is 1.83 bits per heavy atom. The number of nitrogens with zero attached hydrogens (tertiary/aromatic N) is 2. The van der Waals surface area contributed by atoms with Gasteiger partial charge in [0, 0.05) is 31.7 Å². The number of carbonyl (C=O) groups is 1. The van der Waals surface area contributed by atoms with Gasteiger partial charge in [-0.1, -0.05) is 0 Å². The minimum atomic E-state index is -0.790. The van der Waals surface area contributed by atoms with Gasteiger partial charge in [0.15, 0.2) is 17.1 Å². The van der Waals surface area contributed by atoms with E-state index in [9.17, 15) is 9.18 Å². The molecule has 1 aliphatic heterocycles. The summed E-state index contributed by atoms with van der Waals surface area (Å²) >= 11 is 0. The first kappa shape index (κ1) is 24.6. The summed E-state index contributed by atoms with van der Waals surface area (Å²) in [6.07, 6.45) is 1.00. The van der Waals surface area contributed by atoms with Crippen molar-refractivity contribution in [1.29, 1.82) is 0 Å². The van der Waals surface area contributed by atoms with E-state index in [2.05, 4.69) is 19.9 Å². The minimum absolute atomic E-state index is 0.205. The van der Waals surface area contributed by atoms with Crippen molar-refractivity contribution in [3.8, 4) is 17.2 Å². The Bertz CT molecular complexity index is 1130. The molecular formula is C25H30FN3O6. The van der Waals surface area contributed by atoms with Crippen molar-refractivity contribution in [1.82, 2.24) is 9.88 Å². The fourth-order valence-electron chi connectivity index (χ4n) is 4.08. The summed E-state index contributed by atoms with van der Waals surface area (Å²) < 4.78 is 40.8. The van der Waals surface area contributed by atoms with Gasteiger partial charge in [-0.05, 0) is 56.5 Å². The van der Waals surface area contributed by atoms with Crippen molar-refractivity contribution in [3.63, 3.8) is 0 Å². The number of likely N-dealkylation sites (tertiary alicyclic amines) is 1. The predicted molar refractivity (Wildman–Crippen MR) is 128 cm³/mol. The van der Waals surface area contributed by atoms with Crippen molar-refractivity contribution in [3.05, 3.63) is 41.7 Å². The second-order valence-electron chi connectivity index (χ2n) is 8.17. The third-order valence-electron chi connectivity index (χ3n) is 5.71. The van der Waals surface area contributed by atoms with Crippen molar-refractivity contribution < 1.29 is 32.5 Å². The van der Waals surface area contributed by atoms with Crippen LogP contribution in [0.5, 0.6) is 17.2 Å². The number of nitrogens with one attached hydrogen (secondary N) is 1. The van der Waals surface area contributed by atoms with Crippen LogP contribution in [0.3, 0.4) is 0 Å². The number of carbonyl (C=O) groups excluding carboxylic acids is 1. The number of ether oxygens (including phenoxy) is 4.